The van der Waals surface area contributed by atoms with Crippen molar-refractivity contribution >= 4 is 22.1 Å². The Morgan fingerprint density at radius 1 is 1.00 bits per heavy atom. The Hall–Kier alpha value is -2.68. The fourth-order valence-corrected chi connectivity index (χ4v) is 3.24. The van der Waals surface area contributed by atoms with Crippen molar-refractivity contribution in [3.8, 4) is 11.3 Å². The highest BCUT2D eigenvalue weighted by Crippen LogP contribution is 2.35. The van der Waals surface area contributed by atoms with Gasteiger partial charge in [-0.3, -0.25) is 0 Å². The highest BCUT2D eigenvalue weighted by atomic mass is 16.3. The number of para-hydroxylation sites is 1. The van der Waals surface area contributed by atoms with Gasteiger partial charge < -0.3 is 4.42 Å². The molecule has 0 aliphatic heterocycles. The molecule has 0 spiro atoms. The molecule has 0 amide bonds. The van der Waals surface area contributed by atoms with Gasteiger partial charge in [0.25, 0.3) is 0 Å². The van der Waals surface area contributed by atoms with E-state index in [9.17, 15) is 0 Å². The molecule has 1 aromatic carbocycles. The normalized spacial score (nSPS) is 11.4. The Morgan fingerprint density at radius 2 is 1.77 bits per heavy atom. The summed E-state index contributed by atoms with van der Waals surface area (Å²) in [5.74, 6) is 0. The van der Waals surface area contributed by atoms with Gasteiger partial charge in [0.1, 0.15) is 12.6 Å². The number of fused-ring (bicyclic) bond motifs is 3. The predicted molar refractivity (Wildman–Crippen MR) is 87.6 cm³/mol. The summed E-state index contributed by atoms with van der Waals surface area (Å²) >= 11 is 0. The third kappa shape index (κ3) is 1.75. The first-order chi connectivity index (χ1) is 10.7. The molecule has 0 bridgehead atoms. The molecule has 22 heavy (non-hydrogen) atoms. The highest BCUT2D eigenvalue weighted by molar-refractivity contribution is 6.07. The van der Waals surface area contributed by atoms with E-state index in [1.165, 1.54) is 11.1 Å². The summed E-state index contributed by atoms with van der Waals surface area (Å²) in [4.78, 5) is 4.71. The van der Waals surface area contributed by atoms with Crippen LogP contribution in [0.1, 0.15) is 11.3 Å². The van der Waals surface area contributed by atoms with Gasteiger partial charge in [0.15, 0.2) is 6.20 Å². The molecule has 3 heteroatoms. The molecule has 0 saturated carbocycles. The van der Waals surface area contributed by atoms with E-state index in [0.717, 1.165) is 33.5 Å². The van der Waals surface area contributed by atoms with Crippen molar-refractivity contribution in [2.24, 2.45) is 7.05 Å². The Labute approximate surface area is 128 Å². The summed E-state index contributed by atoms with van der Waals surface area (Å²) in [5.41, 5.74) is 6.17. The van der Waals surface area contributed by atoms with Crippen LogP contribution in [0.25, 0.3) is 33.3 Å². The van der Waals surface area contributed by atoms with Crippen LogP contribution in [0, 0.1) is 13.8 Å². The average molecular weight is 289 g/mol. The van der Waals surface area contributed by atoms with Crippen molar-refractivity contribution in [3.63, 3.8) is 0 Å². The van der Waals surface area contributed by atoms with Crippen molar-refractivity contribution in [3.05, 3.63) is 59.9 Å². The number of nitrogens with zero attached hydrogens (tertiary/aromatic N) is 2. The SMILES string of the molecule is Cc1nc2oc3ccccc3c2c(C)c1-c1cccc[n+]1C. The molecule has 0 N–H and O–H groups in total. The van der Waals surface area contributed by atoms with Crippen molar-refractivity contribution in [1.82, 2.24) is 4.98 Å². The first-order valence-corrected chi connectivity index (χ1v) is 7.40. The maximum atomic E-state index is 5.92. The Balaban J connectivity index is 2.16. The smallest absolute Gasteiger partial charge is 0.227 e. The Kier molecular flexibility index (Phi) is 2.76. The largest absolute Gasteiger partial charge is 0.438 e. The molecule has 3 nitrogen and oxygen atoms in total. The second-order valence-electron chi connectivity index (χ2n) is 5.67. The van der Waals surface area contributed by atoms with Crippen molar-refractivity contribution in [2.45, 2.75) is 13.8 Å². The summed E-state index contributed by atoms with van der Waals surface area (Å²) in [6, 6.07) is 14.3. The maximum absolute atomic E-state index is 5.92. The second-order valence-corrected chi connectivity index (χ2v) is 5.67. The van der Waals surface area contributed by atoms with Crippen LogP contribution in [0.15, 0.2) is 53.1 Å². The number of furan rings is 1. The number of hydrogen-bond donors (Lipinski definition) is 0. The maximum Gasteiger partial charge on any atom is 0.227 e. The van der Waals surface area contributed by atoms with Gasteiger partial charge in [-0.1, -0.05) is 18.2 Å². The summed E-state index contributed by atoms with van der Waals surface area (Å²) in [6.45, 7) is 4.20. The molecule has 4 rings (SSSR count). The summed E-state index contributed by atoms with van der Waals surface area (Å²) in [5, 5.41) is 2.24. The number of pyridine rings is 2. The van der Waals surface area contributed by atoms with Crippen LogP contribution < -0.4 is 4.57 Å². The first kappa shape index (κ1) is 13.0. The van der Waals surface area contributed by atoms with Gasteiger partial charge in [0, 0.05) is 17.5 Å². The van der Waals surface area contributed by atoms with E-state index < -0.39 is 0 Å². The van der Waals surface area contributed by atoms with Gasteiger partial charge in [-0.2, -0.15) is 0 Å². The van der Waals surface area contributed by atoms with Gasteiger partial charge in [-0.05, 0) is 31.5 Å². The van der Waals surface area contributed by atoms with E-state index in [1.54, 1.807) is 0 Å². The Bertz CT molecular complexity index is 1010. The zero-order chi connectivity index (χ0) is 15.3. The molecule has 3 aromatic heterocycles. The predicted octanol–water partition coefficient (Wildman–Crippen LogP) is 4.09. The highest BCUT2D eigenvalue weighted by Gasteiger charge is 2.21. The van der Waals surface area contributed by atoms with Crippen LogP contribution in [-0.4, -0.2) is 4.98 Å². The molecule has 0 aliphatic carbocycles. The van der Waals surface area contributed by atoms with Crippen LogP contribution in [-0.2, 0) is 7.05 Å². The second kappa shape index (κ2) is 4.67. The lowest BCUT2D eigenvalue weighted by molar-refractivity contribution is -0.660. The molecule has 0 atom stereocenters. The molecule has 4 aromatic rings. The van der Waals surface area contributed by atoms with E-state index in [2.05, 4.69) is 42.9 Å². The van der Waals surface area contributed by atoms with Crippen LogP contribution >= 0.6 is 0 Å². The van der Waals surface area contributed by atoms with Crippen LogP contribution in [0.3, 0.4) is 0 Å². The minimum Gasteiger partial charge on any atom is -0.438 e. The third-order valence-electron chi connectivity index (χ3n) is 4.27. The molecule has 0 unspecified atom stereocenters. The topological polar surface area (TPSA) is 29.9 Å². The van der Waals surface area contributed by atoms with Crippen LogP contribution in [0.2, 0.25) is 0 Å². The zero-order valence-electron chi connectivity index (χ0n) is 12.9. The quantitative estimate of drug-likeness (QED) is 0.494. The fraction of sp³-hybridized carbons (Fsp3) is 0.158. The summed E-state index contributed by atoms with van der Waals surface area (Å²) in [7, 11) is 2.06. The Morgan fingerprint density at radius 3 is 2.59 bits per heavy atom. The molecule has 0 saturated heterocycles. The van der Waals surface area contributed by atoms with Gasteiger partial charge >= 0.3 is 0 Å². The van der Waals surface area contributed by atoms with Gasteiger partial charge in [-0.25, -0.2) is 9.55 Å². The van der Waals surface area contributed by atoms with Crippen molar-refractivity contribution in [1.29, 1.82) is 0 Å². The molecular weight excluding hydrogens is 272 g/mol. The third-order valence-corrected chi connectivity index (χ3v) is 4.27. The minimum absolute atomic E-state index is 0.721. The lowest BCUT2D eigenvalue weighted by Gasteiger charge is -2.08. The lowest BCUT2D eigenvalue weighted by atomic mass is 9.99. The van der Waals surface area contributed by atoms with Gasteiger partial charge in [0.05, 0.1) is 16.6 Å². The number of aryl methyl sites for hydroxylation is 3. The van der Waals surface area contributed by atoms with E-state index in [0.29, 0.717) is 0 Å². The average Bonchev–Trinajstić information content (AvgIpc) is 2.87. The van der Waals surface area contributed by atoms with E-state index in [1.807, 2.05) is 31.2 Å². The first-order valence-electron chi connectivity index (χ1n) is 7.40. The monoisotopic (exact) mass is 289 g/mol. The minimum atomic E-state index is 0.721. The van der Waals surface area contributed by atoms with E-state index in [-0.39, 0.29) is 0 Å². The lowest BCUT2D eigenvalue weighted by Crippen LogP contribution is -2.30. The molecule has 3 heterocycles. The van der Waals surface area contributed by atoms with Crippen molar-refractivity contribution < 1.29 is 8.98 Å². The fourth-order valence-electron chi connectivity index (χ4n) is 3.24. The van der Waals surface area contributed by atoms with E-state index in [4.69, 9.17) is 9.40 Å². The van der Waals surface area contributed by atoms with Gasteiger partial charge in [-0.15, -0.1) is 0 Å². The molecule has 0 radical (unpaired) electrons. The van der Waals surface area contributed by atoms with E-state index >= 15 is 0 Å². The zero-order valence-corrected chi connectivity index (χ0v) is 12.9. The molecule has 108 valence electrons. The summed E-state index contributed by atoms with van der Waals surface area (Å²) in [6.07, 6.45) is 2.06. The van der Waals surface area contributed by atoms with Gasteiger partial charge in [0.2, 0.25) is 11.4 Å². The van der Waals surface area contributed by atoms with Crippen LogP contribution in [0.5, 0.6) is 0 Å². The van der Waals surface area contributed by atoms with Crippen LogP contribution in [0.4, 0.5) is 0 Å². The molecular formula is C19H17N2O+. The van der Waals surface area contributed by atoms with Crippen molar-refractivity contribution in [2.75, 3.05) is 0 Å². The standard InChI is InChI=1S/C19H17N2O/c1-12-17(15-9-6-7-11-21(15)3)13(2)20-19-18(12)14-8-4-5-10-16(14)22-19/h4-11H,1-3H3/q+1. The number of hydrogen-bond acceptors (Lipinski definition) is 2. The number of rotatable bonds is 1. The number of benzene rings is 1. The molecule has 0 aliphatic rings. The molecule has 0 fully saturated rings. The summed E-state index contributed by atoms with van der Waals surface area (Å²) < 4.78 is 8.05. The number of aromatic nitrogens is 2.